The molecule has 2 aromatic rings. The highest BCUT2D eigenvalue weighted by molar-refractivity contribution is 9.10. The zero-order valence-electron chi connectivity index (χ0n) is 14.8. The second-order valence-corrected chi connectivity index (χ2v) is 9.73. The van der Waals surface area contributed by atoms with E-state index in [4.69, 9.17) is 4.63 Å². The van der Waals surface area contributed by atoms with E-state index in [1.54, 1.807) is 18.2 Å². The van der Waals surface area contributed by atoms with Gasteiger partial charge in [0.1, 0.15) is 5.75 Å². The van der Waals surface area contributed by atoms with Crippen molar-refractivity contribution in [1.29, 1.82) is 0 Å². The smallest absolute Gasteiger partial charge is 0.235 e. The second kappa shape index (κ2) is 10.5. The quantitative estimate of drug-likeness (QED) is 0.156. The third-order valence-corrected chi connectivity index (χ3v) is 5.43. The van der Waals surface area contributed by atoms with Crippen LogP contribution in [0.15, 0.2) is 43.4 Å². The maximum atomic E-state index is 11.4. The van der Waals surface area contributed by atoms with Crippen LogP contribution in [0.2, 0.25) is 0 Å². The molecule has 0 radical (unpaired) electrons. The molecule has 0 aliphatic carbocycles. The standard InChI is InChI=1S/C15H18BrN5O5S2/c1-28(24,25)9-12(22)17-6-3-7-27-15-13(20-26-21-15)14(19-23)18-11-5-2-4-10(16)8-11/h2,4-5,8,23H,3,6-7,9H2,1H3,(H,17,22)(H,18,19). The van der Waals surface area contributed by atoms with Gasteiger partial charge in [-0.3, -0.25) is 15.5 Å². The summed E-state index contributed by atoms with van der Waals surface area (Å²) < 4.78 is 27.6. The molecule has 152 valence electrons. The predicted octanol–water partition coefficient (Wildman–Crippen LogP) is 1.53. The Labute approximate surface area is 174 Å². The Balaban J connectivity index is 1.91. The van der Waals surface area contributed by atoms with Crippen molar-refractivity contribution in [2.75, 3.05) is 24.3 Å². The molecule has 0 unspecified atom stereocenters. The molecule has 1 amide bonds. The summed E-state index contributed by atoms with van der Waals surface area (Å²) in [4.78, 5) is 15.7. The van der Waals surface area contributed by atoms with Gasteiger partial charge in [0, 0.05) is 23.0 Å². The summed E-state index contributed by atoms with van der Waals surface area (Å²) >= 11 is 4.64. The maximum absolute atomic E-state index is 11.4. The number of nitrogens with zero attached hydrogens (tertiary/aromatic N) is 3. The third kappa shape index (κ3) is 7.58. The Morgan fingerprint density at radius 2 is 2.18 bits per heavy atom. The van der Waals surface area contributed by atoms with Gasteiger partial charge in [0.25, 0.3) is 0 Å². The van der Waals surface area contributed by atoms with E-state index in [-0.39, 0.29) is 11.5 Å². The first kappa shape index (κ1) is 22.3. The van der Waals surface area contributed by atoms with Gasteiger partial charge in [-0.1, -0.05) is 22.0 Å². The zero-order valence-corrected chi connectivity index (χ0v) is 18.0. The number of thioether (sulfide) groups is 1. The van der Waals surface area contributed by atoms with E-state index in [9.17, 15) is 18.4 Å². The molecule has 0 atom stereocenters. The molecule has 0 fully saturated rings. The Hall–Kier alpha value is -1.96. The van der Waals surface area contributed by atoms with Gasteiger partial charge >= 0.3 is 0 Å². The van der Waals surface area contributed by atoms with E-state index in [1.165, 1.54) is 11.8 Å². The lowest BCUT2D eigenvalue weighted by molar-refractivity contribution is -0.118. The van der Waals surface area contributed by atoms with E-state index in [0.29, 0.717) is 29.4 Å². The lowest BCUT2D eigenvalue weighted by Gasteiger charge is -2.05. The van der Waals surface area contributed by atoms with E-state index in [2.05, 4.69) is 36.6 Å². The Bertz CT molecular complexity index is 948. The van der Waals surface area contributed by atoms with Crippen molar-refractivity contribution in [3.63, 3.8) is 0 Å². The van der Waals surface area contributed by atoms with Crippen molar-refractivity contribution in [3.05, 3.63) is 34.4 Å². The first-order valence-electron chi connectivity index (χ1n) is 7.93. The highest BCUT2D eigenvalue weighted by Gasteiger charge is 2.17. The van der Waals surface area contributed by atoms with Crippen LogP contribution in [-0.4, -0.2) is 60.0 Å². The number of rotatable bonds is 9. The van der Waals surface area contributed by atoms with Crippen LogP contribution in [0.3, 0.4) is 0 Å². The van der Waals surface area contributed by atoms with Gasteiger partial charge in [-0.05, 0) is 34.9 Å². The molecule has 3 N–H and O–H groups in total. The Morgan fingerprint density at radius 3 is 2.86 bits per heavy atom. The van der Waals surface area contributed by atoms with Gasteiger partial charge in [0.05, 0.1) is 5.69 Å². The third-order valence-electron chi connectivity index (χ3n) is 3.11. The number of aliphatic imine (C=N–C) groups is 1. The van der Waals surface area contributed by atoms with E-state index < -0.39 is 21.5 Å². The van der Waals surface area contributed by atoms with Crippen LogP contribution in [0.4, 0.5) is 5.69 Å². The summed E-state index contributed by atoms with van der Waals surface area (Å²) in [6, 6.07) is 7.16. The molecule has 0 bridgehead atoms. The molecule has 0 aliphatic heterocycles. The number of halogens is 1. The monoisotopic (exact) mass is 491 g/mol. The molecule has 0 saturated carbocycles. The first-order chi connectivity index (χ1) is 13.3. The van der Waals surface area contributed by atoms with E-state index >= 15 is 0 Å². The van der Waals surface area contributed by atoms with Crippen molar-refractivity contribution < 1.29 is 23.0 Å². The van der Waals surface area contributed by atoms with Gasteiger partial charge in [0.15, 0.2) is 26.4 Å². The molecular formula is C15H18BrN5O5S2. The predicted molar refractivity (Wildman–Crippen MR) is 108 cm³/mol. The van der Waals surface area contributed by atoms with Crippen LogP contribution < -0.4 is 10.8 Å². The number of aromatic nitrogens is 2. The van der Waals surface area contributed by atoms with Crippen LogP contribution in [-0.2, 0) is 14.6 Å². The minimum atomic E-state index is -3.34. The van der Waals surface area contributed by atoms with Crippen molar-refractivity contribution >= 4 is 55.0 Å². The molecule has 0 aliphatic rings. The number of carbonyl (C=O) groups excluding carboxylic acids is 1. The van der Waals surface area contributed by atoms with Crippen molar-refractivity contribution in [2.24, 2.45) is 4.99 Å². The van der Waals surface area contributed by atoms with Crippen LogP contribution >= 0.6 is 27.7 Å². The van der Waals surface area contributed by atoms with Gasteiger partial charge < -0.3 is 5.32 Å². The summed E-state index contributed by atoms with van der Waals surface area (Å²) in [7, 11) is -3.34. The topological polar surface area (TPSA) is 147 Å². The Kier molecular flexibility index (Phi) is 8.41. The summed E-state index contributed by atoms with van der Waals surface area (Å²) in [5.41, 5.74) is 2.82. The molecule has 1 aromatic heterocycles. The fraction of sp³-hybridized carbons (Fsp3) is 0.333. The number of amides is 1. The summed E-state index contributed by atoms with van der Waals surface area (Å²) in [6.45, 7) is 0.319. The van der Waals surface area contributed by atoms with E-state index in [0.717, 1.165) is 10.7 Å². The number of sulfone groups is 1. The molecule has 1 heterocycles. The molecule has 1 aromatic carbocycles. The normalized spacial score (nSPS) is 12.0. The fourth-order valence-electron chi connectivity index (χ4n) is 1.98. The number of carbonyl (C=O) groups is 1. The number of nitrogens with one attached hydrogen (secondary N) is 2. The average Bonchev–Trinajstić information content (AvgIpc) is 3.06. The van der Waals surface area contributed by atoms with Gasteiger partial charge in [-0.2, -0.15) is 0 Å². The number of benzene rings is 1. The van der Waals surface area contributed by atoms with Gasteiger partial charge in [-0.15, -0.1) is 11.8 Å². The van der Waals surface area contributed by atoms with Gasteiger partial charge in [0.2, 0.25) is 5.91 Å². The average molecular weight is 492 g/mol. The lowest BCUT2D eigenvalue weighted by atomic mass is 10.3. The summed E-state index contributed by atoms with van der Waals surface area (Å²) in [6.07, 6.45) is 1.57. The Morgan fingerprint density at radius 1 is 1.39 bits per heavy atom. The fourth-order valence-corrected chi connectivity index (χ4v) is 3.79. The summed E-state index contributed by atoms with van der Waals surface area (Å²) in [5, 5.41) is 19.9. The minimum Gasteiger partial charge on any atom is -0.355 e. The van der Waals surface area contributed by atoms with Crippen molar-refractivity contribution in [3.8, 4) is 0 Å². The minimum absolute atomic E-state index is 0.0725. The molecular weight excluding hydrogens is 474 g/mol. The number of amidine groups is 1. The number of hydroxylamine groups is 1. The highest BCUT2D eigenvalue weighted by atomic mass is 79.9. The van der Waals surface area contributed by atoms with Gasteiger partial charge in [-0.25, -0.2) is 18.0 Å². The molecule has 28 heavy (non-hydrogen) atoms. The highest BCUT2D eigenvalue weighted by Crippen LogP contribution is 2.23. The molecule has 13 heteroatoms. The molecule has 0 spiro atoms. The van der Waals surface area contributed by atoms with Crippen molar-refractivity contribution in [2.45, 2.75) is 11.4 Å². The van der Waals surface area contributed by atoms with Crippen LogP contribution in [0.5, 0.6) is 0 Å². The molecule has 10 nitrogen and oxygen atoms in total. The van der Waals surface area contributed by atoms with Crippen molar-refractivity contribution in [1.82, 2.24) is 21.1 Å². The summed E-state index contributed by atoms with van der Waals surface area (Å²) in [5.74, 6) is -0.446. The SMILES string of the molecule is CS(=O)(=O)CC(=O)NCCCSc1nonc1C(=Nc1cccc(Br)c1)NO. The first-order valence-corrected chi connectivity index (χ1v) is 11.8. The number of hydrogen-bond acceptors (Lipinski definition) is 9. The number of hydrogen-bond donors (Lipinski definition) is 3. The van der Waals surface area contributed by atoms with Crippen LogP contribution in [0, 0.1) is 0 Å². The second-order valence-electron chi connectivity index (χ2n) is 5.59. The van der Waals surface area contributed by atoms with Crippen LogP contribution in [0.1, 0.15) is 12.1 Å². The van der Waals surface area contributed by atoms with Crippen LogP contribution in [0.25, 0.3) is 0 Å². The largest absolute Gasteiger partial charge is 0.355 e. The maximum Gasteiger partial charge on any atom is 0.235 e. The van der Waals surface area contributed by atoms with E-state index in [1.807, 2.05) is 11.5 Å². The lowest BCUT2D eigenvalue weighted by Crippen LogP contribution is -2.30. The molecule has 0 saturated heterocycles. The zero-order chi connectivity index (χ0) is 20.6. The molecule has 2 rings (SSSR count).